The first-order valence-electron chi connectivity index (χ1n) is 8.16. The SMILES string of the molecule is CCN(C(=O)CN(C)S(=O)(=O)c1ccc(C)cc1)c1ccccc1C. The number of likely N-dealkylation sites (N-methyl/N-ethyl adjacent to an activating group) is 2. The number of nitrogens with zero attached hydrogens (tertiary/aromatic N) is 2. The molecule has 0 bridgehead atoms. The molecule has 0 aliphatic heterocycles. The highest BCUT2D eigenvalue weighted by Crippen LogP contribution is 2.20. The number of aryl methyl sites for hydroxylation is 2. The summed E-state index contributed by atoms with van der Waals surface area (Å²) in [6, 6.07) is 14.2. The van der Waals surface area contributed by atoms with E-state index in [2.05, 4.69) is 0 Å². The summed E-state index contributed by atoms with van der Waals surface area (Å²) in [5.74, 6) is -0.255. The van der Waals surface area contributed by atoms with Gasteiger partial charge in [-0.25, -0.2) is 8.42 Å². The number of benzene rings is 2. The lowest BCUT2D eigenvalue weighted by atomic mass is 10.2. The van der Waals surface area contributed by atoms with Crippen LogP contribution in [-0.2, 0) is 14.8 Å². The molecule has 1 amide bonds. The summed E-state index contributed by atoms with van der Waals surface area (Å²) in [5.41, 5.74) is 2.76. The van der Waals surface area contributed by atoms with Crippen molar-refractivity contribution in [1.82, 2.24) is 4.31 Å². The number of amides is 1. The molecular weight excluding hydrogens is 336 g/mol. The first kappa shape index (κ1) is 19.1. The molecule has 5 nitrogen and oxygen atoms in total. The van der Waals surface area contributed by atoms with Crippen molar-refractivity contribution in [3.05, 3.63) is 59.7 Å². The lowest BCUT2D eigenvalue weighted by Crippen LogP contribution is -2.41. The van der Waals surface area contributed by atoms with Gasteiger partial charge in [0.1, 0.15) is 0 Å². The Morgan fingerprint density at radius 3 is 2.16 bits per heavy atom. The summed E-state index contributed by atoms with van der Waals surface area (Å²) in [5, 5.41) is 0. The average Bonchev–Trinajstić information content (AvgIpc) is 2.57. The number of sulfonamides is 1. The number of anilines is 1. The number of carbonyl (C=O) groups excluding carboxylic acids is 1. The Kier molecular flexibility index (Phi) is 5.98. The van der Waals surface area contributed by atoms with Crippen molar-refractivity contribution in [3.63, 3.8) is 0 Å². The third kappa shape index (κ3) is 4.27. The van der Waals surface area contributed by atoms with Gasteiger partial charge in [0.05, 0.1) is 11.4 Å². The van der Waals surface area contributed by atoms with Crippen LogP contribution in [0.4, 0.5) is 5.69 Å². The molecule has 0 saturated carbocycles. The summed E-state index contributed by atoms with van der Waals surface area (Å²) in [4.78, 5) is 14.5. The van der Waals surface area contributed by atoms with Gasteiger partial charge >= 0.3 is 0 Å². The average molecular weight is 360 g/mol. The van der Waals surface area contributed by atoms with E-state index in [0.29, 0.717) is 6.54 Å². The van der Waals surface area contributed by atoms with Gasteiger partial charge in [-0.1, -0.05) is 35.9 Å². The monoisotopic (exact) mass is 360 g/mol. The second-order valence-electron chi connectivity index (χ2n) is 6.00. The Morgan fingerprint density at radius 2 is 1.60 bits per heavy atom. The quantitative estimate of drug-likeness (QED) is 0.796. The van der Waals surface area contributed by atoms with Crippen LogP contribution in [0.15, 0.2) is 53.4 Å². The van der Waals surface area contributed by atoms with Crippen molar-refractivity contribution in [2.75, 3.05) is 25.0 Å². The Balaban J connectivity index is 2.21. The minimum Gasteiger partial charge on any atom is -0.311 e. The molecule has 0 atom stereocenters. The third-order valence-corrected chi connectivity index (χ3v) is 5.93. The van der Waals surface area contributed by atoms with Crippen LogP contribution in [0, 0.1) is 13.8 Å². The molecule has 2 aromatic rings. The van der Waals surface area contributed by atoms with E-state index >= 15 is 0 Å². The fourth-order valence-electron chi connectivity index (χ4n) is 2.60. The van der Waals surface area contributed by atoms with Gasteiger partial charge in [0.2, 0.25) is 15.9 Å². The molecule has 0 aromatic heterocycles. The number of carbonyl (C=O) groups is 1. The van der Waals surface area contributed by atoms with Gasteiger partial charge in [0.15, 0.2) is 0 Å². The molecule has 0 fully saturated rings. The maximum absolute atomic E-state index is 12.7. The van der Waals surface area contributed by atoms with E-state index in [4.69, 9.17) is 0 Å². The lowest BCUT2D eigenvalue weighted by Gasteiger charge is -2.25. The maximum Gasteiger partial charge on any atom is 0.243 e. The summed E-state index contributed by atoms with van der Waals surface area (Å²) >= 11 is 0. The first-order chi connectivity index (χ1) is 11.8. The second-order valence-corrected chi connectivity index (χ2v) is 8.04. The van der Waals surface area contributed by atoms with Gasteiger partial charge in [-0.15, -0.1) is 0 Å². The Morgan fingerprint density at radius 1 is 1.00 bits per heavy atom. The molecule has 0 unspecified atom stereocenters. The van der Waals surface area contributed by atoms with Crippen LogP contribution in [-0.4, -0.2) is 38.8 Å². The zero-order valence-electron chi connectivity index (χ0n) is 15.1. The van der Waals surface area contributed by atoms with Crippen LogP contribution in [0.5, 0.6) is 0 Å². The molecule has 0 N–H and O–H groups in total. The Hall–Kier alpha value is -2.18. The van der Waals surface area contributed by atoms with Crippen molar-refractivity contribution < 1.29 is 13.2 Å². The van der Waals surface area contributed by atoms with Crippen LogP contribution in [0.1, 0.15) is 18.1 Å². The molecule has 0 aliphatic carbocycles. The van der Waals surface area contributed by atoms with Gasteiger partial charge in [-0.3, -0.25) is 4.79 Å². The molecular formula is C19H24N2O3S. The molecule has 134 valence electrons. The highest BCUT2D eigenvalue weighted by molar-refractivity contribution is 7.89. The summed E-state index contributed by atoms with van der Waals surface area (Å²) in [7, 11) is -2.27. The smallest absolute Gasteiger partial charge is 0.243 e. The van der Waals surface area contributed by atoms with E-state index in [0.717, 1.165) is 21.1 Å². The predicted octanol–water partition coefficient (Wildman–Crippen LogP) is 2.98. The van der Waals surface area contributed by atoms with Crippen molar-refractivity contribution in [1.29, 1.82) is 0 Å². The number of rotatable bonds is 6. The molecule has 25 heavy (non-hydrogen) atoms. The highest BCUT2D eigenvalue weighted by atomic mass is 32.2. The highest BCUT2D eigenvalue weighted by Gasteiger charge is 2.25. The fraction of sp³-hybridized carbons (Fsp3) is 0.316. The van der Waals surface area contributed by atoms with Crippen molar-refractivity contribution in [2.24, 2.45) is 0 Å². The van der Waals surface area contributed by atoms with E-state index in [1.807, 2.05) is 45.0 Å². The molecule has 2 aromatic carbocycles. The van der Waals surface area contributed by atoms with Crippen LogP contribution in [0.25, 0.3) is 0 Å². The van der Waals surface area contributed by atoms with Crippen molar-refractivity contribution in [2.45, 2.75) is 25.7 Å². The van der Waals surface area contributed by atoms with Crippen molar-refractivity contribution in [3.8, 4) is 0 Å². The van der Waals surface area contributed by atoms with Crippen LogP contribution in [0.3, 0.4) is 0 Å². The standard InChI is InChI=1S/C19H24N2O3S/c1-5-21(18-9-7-6-8-16(18)3)19(22)14-20(4)25(23,24)17-12-10-15(2)11-13-17/h6-13H,5,14H2,1-4H3. The molecule has 0 saturated heterocycles. The fourth-order valence-corrected chi connectivity index (χ4v) is 3.72. The zero-order valence-corrected chi connectivity index (χ0v) is 15.9. The van der Waals surface area contributed by atoms with Crippen LogP contribution >= 0.6 is 0 Å². The summed E-state index contributed by atoms with van der Waals surface area (Å²) < 4.78 is 26.4. The number of hydrogen-bond acceptors (Lipinski definition) is 3. The molecule has 6 heteroatoms. The molecule has 2 rings (SSSR count). The van der Waals surface area contributed by atoms with E-state index in [1.54, 1.807) is 29.2 Å². The summed E-state index contributed by atoms with van der Waals surface area (Å²) in [6.45, 7) is 5.96. The van der Waals surface area contributed by atoms with Gasteiger partial charge in [-0.2, -0.15) is 4.31 Å². The predicted molar refractivity (Wildman–Crippen MR) is 100 cm³/mol. The molecule has 0 spiro atoms. The minimum absolute atomic E-state index is 0.187. The third-order valence-electron chi connectivity index (χ3n) is 4.11. The van der Waals surface area contributed by atoms with Gasteiger partial charge in [-0.05, 0) is 44.5 Å². The van der Waals surface area contributed by atoms with Gasteiger partial charge in [0, 0.05) is 19.3 Å². The second kappa shape index (κ2) is 7.80. The zero-order chi connectivity index (χ0) is 18.6. The lowest BCUT2D eigenvalue weighted by molar-refractivity contribution is -0.118. The Labute approximate surface area is 149 Å². The minimum atomic E-state index is -3.70. The first-order valence-corrected chi connectivity index (χ1v) is 9.60. The molecule has 0 radical (unpaired) electrons. The van der Waals surface area contributed by atoms with Gasteiger partial charge in [0.25, 0.3) is 0 Å². The topological polar surface area (TPSA) is 57.7 Å². The number of hydrogen-bond donors (Lipinski definition) is 0. The number of para-hydroxylation sites is 1. The van der Waals surface area contributed by atoms with E-state index in [-0.39, 0.29) is 17.3 Å². The van der Waals surface area contributed by atoms with E-state index < -0.39 is 10.0 Å². The summed E-state index contributed by atoms with van der Waals surface area (Å²) in [6.07, 6.45) is 0. The molecule has 0 aliphatic rings. The van der Waals surface area contributed by atoms with Crippen molar-refractivity contribution >= 4 is 21.6 Å². The van der Waals surface area contributed by atoms with E-state index in [9.17, 15) is 13.2 Å². The van der Waals surface area contributed by atoms with Crippen LogP contribution < -0.4 is 4.90 Å². The van der Waals surface area contributed by atoms with Gasteiger partial charge < -0.3 is 4.90 Å². The van der Waals surface area contributed by atoms with E-state index in [1.165, 1.54) is 7.05 Å². The maximum atomic E-state index is 12.7. The Bertz CT molecular complexity index is 845. The molecule has 0 heterocycles. The van der Waals surface area contributed by atoms with Crippen LogP contribution in [0.2, 0.25) is 0 Å². The normalized spacial score (nSPS) is 11.6. The largest absolute Gasteiger partial charge is 0.311 e.